The van der Waals surface area contributed by atoms with Crippen molar-refractivity contribution in [3.63, 3.8) is 0 Å². The Hall–Kier alpha value is -1.95. The van der Waals surface area contributed by atoms with Crippen LogP contribution >= 0.6 is 15.9 Å². The monoisotopic (exact) mass is 335 g/mol. The summed E-state index contributed by atoms with van der Waals surface area (Å²) >= 11 is 3.19. The first-order valence-electron chi connectivity index (χ1n) is 6.16. The Labute approximate surface area is 125 Å². The SMILES string of the molecule is CC(Cc1ccccc1)Nc1ncc(Br)cc1[N+](=O)[O-]. The maximum Gasteiger partial charge on any atom is 0.312 e. The molecule has 1 N–H and O–H groups in total. The second-order valence-electron chi connectivity index (χ2n) is 4.51. The molecule has 1 aromatic heterocycles. The van der Waals surface area contributed by atoms with E-state index < -0.39 is 4.92 Å². The van der Waals surface area contributed by atoms with Gasteiger partial charge in [0.1, 0.15) is 0 Å². The molecule has 1 aromatic carbocycles. The van der Waals surface area contributed by atoms with Gasteiger partial charge in [0.05, 0.1) is 4.92 Å². The van der Waals surface area contributed by atoms with E-state index in [1.165, 1.54) is 11.6 Å². The summed E-state index contributed by atoms with van der Waals surface area (Å²) in [6.45, 7) is 1.97. The maximum absolute atomic E-state index is 11.0. The van der Waals surface area contributed by atoms with Gasteiger partial charge in [0, 0.05) is 22.8 Å². The molecule has 2 rings (SSSR count). The van der Waals surface area contributed by atoms with Crippen LogP contribution in [-0.2, 0) is 6.42 Å². The Bertz CT molecular complexity index is 605. The molecule has 0 spiro atoms. The van der Waals surface area contributed by atoms with E-state index in [-0.39, 0.29) is 11.7 Å². The molecule has 0 saturated carbocycles. The first-order valence-corrected chi connectivity index (χ1v) is 6.96. The zero-order chi connectivity index (χ0) is 14.5. The Balaban J connectivity index is 2.11. The van der Waals surface area contributed by atoms with Crippen LogP contribution in [0.2, 0.25) is 0 Å². The van der Waals surface area contributed by atoms with Crippen LogP contribution in [0, 0.1) is 10.1 Å². The summed E-state index contributed by atoms with van der Waals surface area (Å²) in [7, 11) is 0. The van der Waals surface area contributed by atoms with Crippen LogP contribution in [0.4, 0.5) is 11.5 Å². The standard InChI is InChI=1S/C14H14BrN3O2/c1-10(7-11-5-3-2-4-6-11)17-14-13(18(19)20)8-12(15)9-16-14/h2-6,8-10H,7H2,1H3,(H,16,17). The highest BCUT2D eigenvalue weighted by atomic mass is 79.9. The lowest BCUT2D eigenvalue weighted by atomic mass is 10.1. The van der Waals surface area contributed by atoms with Crippen LogP contribution in [-0.4, -0.2) is 15.9 Å². The minimum atomic E-state index is -0.435. The molecule has 0 aliphatic heterocycles. The lowest BCUT2D eigenvalue weighted by Crippen LogP contribution is -2.19. The van der Waals surface area contributed by atoms with Crippen LogP contribution in [0.3, 0.4) is 0 Å². The largest absolute Gasteiger partial charge is 0.362 e. The average molecular weight is 336 g/mol. The molecule has 0 aliphatic carbocycles. The number of halogens is 1. The molecule has 0 amide bonds. The van der Waals surface area contributed by atoms with Crippen molar-refractivity contribution < 1.29 is 4.92 Å². The number of rotatable bonds is 5. The number of hydrogen-bond donors (Lipinski definition) is 1. The van der Waals surface area contributed by atoms with Gasteiger partial charge in [0.25, 0.3) is 0 Å². The van der Waals surface area contributed by atoms with Gasteiger partial charge >= 0.3 is 5.69 Å². The van der Waals surface area contributed by atoms with E-state index in [1.807, 2.05) is 37.3 Å². The molecule has 104 valence electrons. The molecule has 6 heteroatoms. The van der Waals surface area contributed by atoms with Crippen LogP contribution in [0.5, 0.6) is 0 Å². The average Bonchev–Trinajstić information content (AvgIpc) is 2.41. The van der Waals surface area contributed by atoms with Gasteiger partial charge in [-0.15, -0.1) is 0 Å². The Morgan fingerprint density at radius 3 is 2.75 bits per heavy atom. The van der Waals surface area contributed by atoms with Crippen molar-refractivity contribution in [2.45, 2.75) is 19.4 Å². The molecule has 1 unspecified atom stereocenters. The molecule has 1 heterocycles. The van der Waals surface area contributed by atoms with Gasteiger partial charge in [0.2, 0.25) is 5.82 Å². The fourth-order valence-electron chi connectivity index (χ4n) is 1.93. The molecule has 0 bridgehead atoms. The second-order valence-corrected chi connectivity index (χ2v) is 5.43. The third-order valence-electron chi connectivity index (χ3n) is 2.80. The molecular formula is C14H14BrN3O2. The zero-order valence-corrected chi connectivity index (χ0v) is 12.5. The molecular weight excluding hydrogens is 322 g/mol. The fraction of sp³-hybridized carbons (Fsp3) is 0.214. The Morgan fingerprint density at radius 1 is 1.40 bits per heavy atom. The summed E-state index contributed by atoms with van der Waals surface area (Å²) in [5.41, 5.74) is 1.14. The number of aromatic nitrogens is 1. The topological polar surface area (TPSA) is 68.1 Å². The Morgan fingerprint density at radius 2 is 2.10 bits per heavy atom. The minimum absolute atomic E-state index is 0.0284. The molecule has 0 aliphatic rings. The number of nitro groups is 1. The van der Waals surface area contributed by atoms with Crippen LogP contribution in [0.1, 0.15) is 12.5 Å². The highest BCUT2D eigenvalue weighted by molar-refractivity contribution is 9.10. The van der Waals surface area contributed by atoms with Gasteiger partial charge in [-0.1, -0.05) is 30.3 Å². The third kappa shape index (κ3) is 3.77. The van der Waals surface area contributed by atoms with Crippen molar-refractivity contribution in [2.75, 3.05) is 5.32 Å². The number of anilines is 1. The third-order valence-corrected chi connectivity index (χ3v) is 3.23. The van der Waals surface area contributed by atoms with Crippen molar-refractivity contribution >= 4 is 27.4 Å². The number of hydrogen-bond acceptors (Lipinski definition) is 4. The summed E-state index contributed by atoms with van der Waals surface area (Å²) < 4.78 is 0.588. The summed E-state index contributed by atoms with van der Waals surface area (Å²) in [6, 6.07) is 11.5. The van der Waals surface area contributed by atoms with Crippen molar-refractivity contribution in [3.8, 4) is 0 Å². The molecule has 0 fully saturated rings. The summed E-state index contributed by atoms with van der Waals surface area (Å²) in [6.07, 6.45) is 2.32. The molecule has 0 radical (unpaired) electrons. The van der Waals surface area contributed by atoms with E-state index in [4.69, 9.17) is 0 Å². The second kappa shape index (κ2) is 6.47. The fourth-order valence-corrected chi connectivity index (χ4v) is 2.25. The van der Waals surface area contributed by atoms with Gasteiger partial charge < -0.3 is 5.32 Å². The van der Waals surface area contributed by atoms with Crippen molar-refractivity contribution in [1.29, 1.82) is 0 Å². The minimum Gasteiger partial charge on any atom is -0.362 e. The number of pyridine rings is 1. The first-order chi connectivity index (χ1) is 9.56. The molecule has 5 nitrogen and oxygen atoms in total. The molecule has 2 aromatic rings. The van der Waals surface area contributed by atoms with Gasteiger partial charge in [-0.05, 0) is 34.8 Å². The summed E-state index contributed by atoms with van der Waals surface area (Å²) in [5, 5.41) is 14.1. The number of nitrogens with one attached hydrogen (secondary N) is 1. The molecule has 0 saturated heterocycles. The highest BCUT2D eigenvalue weighted by Crippen LogP contribution is 2.26. The van der Waals surface area contributed by atoms with Gasteiger partial charge in [-0.3, -0.25) is 10.1 Å². The van der Waals surface area contributed by atoms with Gasteiger partial charge in [0.15, 0.2) is 0 Å². The van der Waals surface area contributed by atoms with Gasteiger partial charge in [-0.25, -0.2) is 4.98 Å². The number of nitrogens with zero attached hydrogens (tertiary/aromatic N) is 2. The first kappa shape index (κ1) is 14.5. The predicted octanol–water partition coefficient (Wildman–Crippen LogP) is 3.80. The summed E-state index contributed by atoms with van der Waals surface area (Å²) in [5.74, 6) is 0.293. The van der Waals surface area contributed by atoms with E-state index >= 15 is 0 Å². The van der Waals surface area contributed by atoms with E-state index in [2.05, 4.69) is 26.2 Å². The van der Waals surface area contributed by atoms with E-state index in [0.717, 1.165) is 6.42 Å². The highest BCUT2D eigenvalue weighted by Gasteiger charge is 2.17. The predicted molar refractivity (Wildman–Crippen MR) is 81.8 cm³/mol. The van der Waals surface area contributed by atoms with Crippen molar-refractivity contribution in [2.24, 2.45) is 0 Å². The van der Waals surface area contributed by atoms with Crippen LogP contribution in [0.15, 0.2) is 47.1 Å². The quantitative estimate of drug-likeness (QED) is 0.666. The maximum atomic E-state index is 11.0. The van der Waals surface area contributed by atoms with Crippen LogP contribution < -0.4 is 5.32 Å². The lowest BCUT2D eigenvalue weighted by molar-refractivity contribution is -0.384. The summed E-state index contributed by atoms with van der Waals surface area (Å²) in [4.78, 5) is 14.7. The van der Waals surface area contributed by atoms with E-state index in [0.29, 0.717) is 10.3 Å². The molecule has 20 heavy (non-hydrogen) atoms. The van der Waals surface area contributed by atoms with E-state index in [1.54, 1.807) is 6.20 Å². The lowest BCUT2D eigenvalue weighted by Gasteiger charge is -2.14. The van der Waals surface area contributed by atoms with E-state index in [9.17, 15) is 10.1 Å². The van der Waals surface area contributed by atoms with Crippen molar-refractivity contribution in [1.82, 2.24) is 4.98 Å². The van der Waals surface area contributed by atoms with Crippen molar-refractivity contribution in [3.05, 3.63) is 62.7 Å². The normalized spacial score (nSPS) is 11.9. The van der Waals surface area contributed by atoms with Crippen LogP contribution in [0.25, 0.3) is 0 Å². The zero-order valence-electron chi connectivity index (χ0n) is 10.9. The van der Waals surface area contributed by atoms with Gasteiger partial charge in [-0.2, -0.15) is 0 Å². The Kier molecular flexibility index (Phi) is 4.68. The smallest absolute Gasteiger partial charge is 0.312 e. The number of benzene rings is 1. The molecule has 1 atom stereocenters.